The second kappa shape index (κ2) is 9.50. The SMILES string of the molecule is COc1ccc(Cl)cc1CSCC(=O)Nc1ccc(C(=O)N(C)C)cc1. The zero-order chi connectivity index (χ0) is 19.1. The third-order valence-electron chi connectivity index (χ3n) is 3.55. The molecule has 138 valence electrons. The topological polar surface area (TPSA) is 58.6 Å². The largest absolute Gasteiger partial charge is 0.496 e. The van der Waals surface area contributed by atoms with Gasteiger partial charge < -0.3 is 15.0 Å². The fourth-order valence-corrected chi connectivity index (χ4v) is 3.26. The highest BCUT2D eigenvalue weighted by atomic mass is 35.5. The second-order valence-corrected chi connectivity index (χ2v) is 7.20. The van der Waals surface area contributed by atoms with Crippen LogP contribution in [-0.2, 0) is 10.5 Å². The number of methoxy groups -OCH3 is 1. The number of carbonyl (C=O) groups is 2. The second-order valence-electron chi connectivity index (χ2n) is 5.77. The molecule has 0 saturated heterocycles. The minimum absolute atomic E-state index is 0.0751. The zero-order valence-corrected chi connectivity index (χ0v) is 16.5. The maximum absolute atomic E-state index is 12.1. The van der Waals surface area contributed by atoms with Crippen molar-refractivity contribution < 1.29 is 14.3 Å². The molecule has 26 heavy (non-hydrogen) atoms. The van der Waals surface area contributed by atoms with E-state index in [1.807, 2.05) is 12.1 Å². The summed E-state index contributed by atoms with van der Waals surface area (Å²) in [6.07, 6.45) is 0. The van der Waals surface area contributed by atoms with Crippen LogP contribution in [0.25, 0.3) is 0 Å². The first-order valence-electron chi connectivity index (χ1n) is 7.92. The van der Waals surface area contributed by atoms with Crippen LogP contribution in [0.5, 0.6) is 5.75 Å². The summed E-state index contributed by atoms with van der Waals surface area (Å²) in [4.78, 5) is 25.4. The number of amides is 2. The lowest BCUT2D eigenvalue weighted by Crippen LogP contribution is -2.21. The molecule has 0 heterocycles. The highest BCUT2D eigenvalue weighted by Gasteiger charge is 2.09. The van der Waals surface area contributed by atoms with Crippen LogP contribution in [0.15, 0.2) is 42.5 Å². The number of anilines is 1. The summed E-state index contributed by atoms with van der Waals surface area (Å²) < 4.78 is 5.30. The molecule has 5 nitrogen and oxygen atoms in total. The molecule has 2 aromatic carbocycles. The Morgan fingerprint density at radius 1 is 1.15 bits per heavy atom. The first-order chi connectivity index (χ1) is 12.4. The van der Waals surface area contributed by atoms with Crippen LogP contribution in [0.1, 0.15) is 15.9 Å². The number of nitrogens with zero attached hydrogens (tertiary/aromatic N) is 1. The number of halogens is 1. The van der Waals surface area contributed by atoms with Gasteiger partial charge in [-0.3, -0.25) is 9.59 Å². The molecule has 0 aliphatic heterocycles. The van der Waals surface area contributed by atoms with E-state index in [1.165, 1.54) is 16.7 Å². The Bertz CT molecular complexity index is 779. The molecule has 1 N–H and O–H groups in total. The minimum atomic E-state index is -0.109. The Kier molecular flexibility index (Phi) is 7.36. The van der Waals surface area contributed by atoms with Crippen LogP contribution >= 0.6 is 23.4 Å². The summed E-state index contributed by atoms with van der Waals surface area (Å²) in [6, 6.07) is 12.3. The molecule has 0 fully saturated rings. The summed E-state index contributed by atoms with van der Waals surface area (Å²) in [5.41, 5.74) is 2.19. The molecule has 0 radical (unpaired) electrons. The summed E-state index contributed by atoms with van der Waals surface area (Å²) in [6.45, 7) is 0. The number of hydrogen-bond donors (Lipinski definition) is 1. The van der Waals surface area contributed by atoms with Crippen molar-refractivity contribution in [2.45, 2.75) is 5.75 Å². The standard InChI is InChI=1S/C19H21ClN2O3S/c1-22(2)19(24)13-4-7-16(8-5-13)21-18(23)12-26-11-14-10-15(20)6-9-17(14)25-3/h4-10H,11-12H2,1-3H3,(H,21,23). The van der Waals surface area contributed by atoms with Gasteiger partial charge in [-0.2, -0.15) is 0 Å². The third kappa shape index (κ3) is 5.68. The van der Waals surface area contributed by atoms with E-state index in [4.69, 9.17) is 16.3 Å². The molecule has 0 atom stereocenters. The van der Waals surface area contributed by atoms with E-state index in [0.717, 1.165) is 11.3 Å². The first-order valence-corrected chi connectivity index (χ1v) is 9.45. The van der Waals surface area contributed by atoms with Crippen molar-refractivity contribution in [1.82, 2.24) is 4.90 Å². The maximum Gasteiger partial charge on any atom is 0.253 e. The van der Waals surface area contributed by atoms with Crippen LogP contribution in [0.3, 0.4) is 0 Å². The molecule has 0 unspecified atom stereocenters. The molecule has 7 heteroatoms. The van der Waals surface area contributed by atoms with E-state index < -0.39 is 0 Å². The van der Waals surface area contributed by atoms with Gasteiger partial charge in [0.05, 0.1) is 12.9 Å². The van der Waals surface area contributed by atoms with Gasteiger partial charge in [-0.05, 0) is 42.5 Å². The predicted octanol–water partition coefficient (Wildman–Crippen LogP) is 3.92. The molecule has 0 saturated carbocycles. The monoisotopic (exact) mass is 392 g/mol. The highest BCUT2D eigenvalue weighted by Crippen LogP contribution is 2.26. The number of hydrogen-bond acceptors (Lipinski definition) is 4. The van der Waals surface area contributed by atoms with E-state index >= 15 is 0 Å². The van der Waals surface area contributed by atoms with Crippen molar-refractivity contribution in [2.24, 2.45) is 0 Å². The fourth-order valence-electron chi connectivity index (χ4n) is 2.27. The first kappa shape index (κ1) is 20.1. The Morgan fingerprint density at radius 2 is 1.85 bits per heavy atom. The number of rotatable bonds is 7. The summed E-state index contributed by atoms with van der Waals surface area (Å²) in [5.74, 6) is 1.49. The zero-order valence-electron chi connectivity index (χ0n) is 14.9. The highest BCUT2D eigenvalue weighted by molar-refractivity contribution is 7.99. The lowest BCUT2D eigenvalue weighted by atomic mass is 10.2. The van der Waals surface area contributed by atoms with Crippen molar-refractivity contribution >= 4 is 40.9 Å². The van der Waals surface area contributed by atoms with Crippen LogP contribution < -0.4 is 10.1 Å². The molecule has 0 aliphatic rings. The van der Waals surface area contributed by atoms with E-state index in [1.54, 1.807) is 51.5 Å². The van der Waals surface area contributed by atoms with Crippen LogP contribution in [0.2, 0.25) is 5.02 Å². The lowest BCUT2D eigenvalue weighted by Gasteiger charge is -2.11. The molecule has 0 bridgehead atoms. The fraction of sp³-hybridized carbons (Fsp3) is 0.263. The molecule has 0 aromatic heterocycles. The Hall–Kier alpha value is -2.18. The maximum atomic E-state index is 12.1. The van der Waals surface area contributed by atoms with Gasteiger partial charge in [0.1, 0.15) is 5.75 Å². The van der Waals surface area contributed by atoms with E-state index in [9.17, 15) is 9.59 Å². The van der Waals surface area contributed by atoms with Gasteiger partial charge in [-0.15, -0.1) is 11.8 Å². The van der Waals surface area contributed by atoms with Crippen LogP contribution in [0.4, 0.5) is 5.69 Å². The molecular weight excluding hydrogens is 372 g/mol. The van der Waals surface area contributed by atoms with Gasteiger partial charge in [0.15, 0.2) is 0 Å². The molecular formula is C19H21ClN2O3S. The average molecular weight is 393 g/mol. The number of nitrogens with one attached hydrogen (secondary N) is 1. The summed E-state index contributed by atoms with van der Waals surface area (Å²) in [7, 11) is 5.00. The average Bonchev–Trinajstić information content (AvgIpc) is 2.62. The Morgan fingerprint density at radius 3 is 2.46 bits per heavy atom. The Labute approximate surface area is 162 Å². The van der Waals surface area contributed by atoms with E-state index in [0.29, 0.717) is 27.8 Å². The predicted molar refractivity (Wildman–Crippen MR) is 107 cm³/mol. The number of thioether (sulfide) groups is 1. The Balaban J connectivity index is 1.86. The number of benzene rings is 2. The van der Waals surface area contributed by atoms with Crippen molar-refractivity contribution in [1.29, 1.82) is 0 Å². The molecule has 0 aliphatic carbocycles. The molecule has 2 aromatic rings. The van der Waals surface area contributed by atoms with E-state index in [2.05, 4.69) is 5.32 Å². The van der Waals surface area contributed by atoms with Gasteiger partial charge in [-0.25, -0.2) is 0 Å². The van der Waals surface area contributed by atoms with Gasteiger partial charge >= 0.3 is 0 Å². The molecule has 2 amide bonds. The van der Waals surface area contributed by atoms with Crippen molar-refractivity contribution in [3.8, 4) is 5.75 Å². The summed E-state index contributed by atoms with van der Waals surface area (Å²) in [5, 5.41) is 3.46. The molecule has 0 spiro atoms. The van der Waals surface area contributed by atoms with Crippen molar-refractivity contribution in [3.05, 3.63) is 58.6 Å². The van der Waals surface area contributed by atoms with Gasteiger partial charge in [0, 0.05) is 41.7 Å². The summed E-state index contributed by atoms with van der Waals surface area (Å²) >= 11 is 7.48. The van der Waals surface area contributed by atoms with Crippen LogP contribution in [0, 0.1) is 0 Å². The lowest BCUT2D eigenvalue weighted by molar-refractivity contribution is -0.113. The quantitative estimate of drug-likeness (QED) is 0.775. The van der Waals surface area contributed by atoms with Crippen LogP contribution in [-0.4, -0.2) is 43.7 Å². The van der Waals surface area contributed by atoms with Crippen molar-refractivity contribution in [2.75, 3.05) is 32.3 Å². The normalized spacial score (nSPS) is 10.3. The van der Waals surface area contributed by atoms with E-state index in [-0.39, 0.29) is 11.8 Å². The van der Waals surface area contributed by atoms with Gasteiger partial charge in [0.25, 0.3) is 5.91 Å². The van der Waals surface area contributed by atoms with Crippen molar-refractivity contribution in [3.63, 3.8) is 0 Å². The molecule has 2 rings (SSSR count). The number of ether oxygens (including phenoxy) is 1. The van der Waals surface area contributed by atoms with Gasteiger partial charge in [0.2, 0.25) is 5.91 Å². The number of carbonyl (C=O) groups excluding carboxylic acids is 2. The smallest absolute Gasteiger partial charge is 0.253 e. The third-order valence-corrected chi connectivity index (χ3v) is 4.77. The van der Waals surface area contributed by atoms with Gasteiger partial charge in [-0.1, -0.05) is 11.6 Å². The minimum Gasteiger partial charge on any atom is -0.496 e.